The van der Waals surface area contributed by atoms with Crippen LogP contribution in [0.15, 0.2) is 91.1 Å². The quantitative estimate of drug-likeness (QED) is 0.504. The smallest absolute Gasteiger partial charge is 0.255 e. The van der Waals surface area contributed by atoms with E-state index in [9.17, 15) is 9.18 Å². The maximum atomic E-state index is 13.1. The van der Waals surface area contributed by atoms with Crippen molar-refractivity contribution in [3.05, 3.63) is 103 Å². The lowest BCUT2D eigenvalue weighted by Gasteiger charge is -2.08. The molecule has 0 aliphatic rings. The molecule has 0 unspecified atom stereocenters. The van der Waals surface area contributed by atoms with Crippen molar-refractivity contribution in [2.24, 2.45) is 0 Å². The molecule has 29 heavy (non-hydrogen) atoms. The molecule has 3 aromatic carbocycles. The zero-order chi connectivity index (χ0) is 20.1. The first-order valence-corrected chi connectivity index (χ1v) is 8.91. The van der Waals surface area contributed by atoms with Gasteiger partial charge in [-0.1, -0.05) is 18.2 Å². The monoisotopic (exact) mass is 385 g/mol. The van der Waals surface area contributed by atoms with Crippen LogP contribution in [0.25, 0.3) is 11.4 Å². The summed E-state index contributed by atoms with van der Waals surface area (Å²) in [5, 5.41) is 2.83. The number of nitrogens with zero attached hydrogens (tertiary/aromatic N) is 2. The fraction of sp³-hybridized carbons (Fsp3) is 0. The van der Waals surface area contributed by atoms with E-state index in [4.69, 9.17) is 4.74 Å². The summed E-state index contributed by atoms with van der Waals surface area (Å²) in [6.45, 7) is 0. The molecule has 0 aliphatic heterocycles. The summed E-state index contributed by atoms with van der Waals surface area (Å²) in [5.74, 6) is 0.785. The van der Waals surface area contributed by atoms with Crippen molar-refractivity contribution in [2.45, 2.75) is 0 Å². The standard InChI is InChI=1S/C23H16FN3O2/c24-18-10-6-16(7-11-18)22-25-15-14-21(27-22)29-20-12-8-17(9-13-20)23(28)26-19-4-2-1-3-5-19/h1-15H,(H,26,28). The van der Waals surface area contributed by atoms with Gasteiger partial charge >= 0.3 is 0 Å². The SMILES string of the molecule is O=C(Nc1ccccc1)c1ccc(Oc2ccnc(-c3ccc(F)cc3)n2)cc1. The largest absolute Gasteiger partial charge is 0.439 e. The van der Waals surface area contributed by atoms with E-state index in [2.05, 4.69) is 15.3 Å². The second-order valence-electron chi connectivity index (χ2n) is 6.17. The number of aromatic nitrogens is 2. The Morgan fingerprint density at radius 2 is 1.59 bits per heavy atom. The van der Waals surface area contributed by atoms with Crippen molar-refractivity contribution in [1.29, 1.82) is 0 Å². The predicted molar refractivity (Wildman–Crippen MR) is 108 cm³/mol. The van der Waals surface area contributed by atoms with E-state index in [0.717, 1.165) is 5.69 Å². The number of rotatable bonds is 5. The molecule has 1 amide bonds. The lowest BCUT2D eigenvalue weighted by atomic mass is 10.2. The lowest BCUT2D eigenvalue weighted by molar-refractivity contribution is 0.102. The van der Waals surface area contributed by atoms with Crippen LogP contribution in [0, 0.1) is 5.82 Å². The van der Waals surface area contributed by atoms with Crippen molar-refractivity contribution >= 4 is 11.6 Å². The summed E-state index contributed by atoms with van der Waals surface area (Å²) in [5.41, 5.74) is 1.92. The molecule has 0 aliphatic carbocycles. The van der Waals surface area contributed by atoms with E-state index in [0.29, 0.717) is 28.6 Å². The molecule has 0 atom stereocenters. The topological polar surface area (TPSA) is 64.1 Å². The summed E-state index contributed by atoms with van der Waals surface area (Å²) in [4.78, 5) is 20.8. The molecular formula is C23H16FN3O2. The van der Waals surface area contributed by atoms with Crippen LogP contribution in [0.2, 0.25) is 0 Å². The fourth-order valence-electron chi connectivity index (χ4n) is 2.66. The van der Waals surface area contributed by atoms with E-state index in [1.54, 1.807) is 48.7 Å². The van der Waals surface area contributed by atoms with Gasteiger partial charge in [0.1, 0.15) is 11.6 Å². The highest BCUT2D eigenvalue weighted by molar-refractivity contribution is 6.04. The molecule has 1 N–H and O–H groups in total. The molecule has 0 saturated heterocycles. The Balaban J connectivity index is 1.45. The molecule has 0 bridgehead atoms. The minimum absolute atomic E-state index is 0.205. The summed E-state index contributed by atoms with van der Waals surface area (Å²) in [6, 6.07) is 23.5. The maximum absolute atomic E-state index is 13.1. The number of ether oxygens (including phenoxy) is 1. The molecule has 4 rings (SSSR count). The molecule has 1 aromatic heterocycles. The average Bonchev–Trinajstić information content (AvgIpc) is 2.76. The molecule has 0 radical (unpaired) electrons. The van der Waals surface area contributed by atoms with Crippen LogP contribution in [0.1, 0.15) is 10.4 Å². The van der Waals surface area contributed by atoms with Gasteiger partial charge in [0.05, 0.1) is 0 Å². The van der Waals surface area contributed by atoms with Gasteiger partial charge in [0.2, 0.25) is 5.88 Å². The van der Waals surface area contributed by atoms with Crippen molar-refractivity contribution in [3.63, 3.8) is 0 Å². The van der Waals surface area contributed by atoms with Gasteiger partial charge in [-0.25, -0.2) is 9.37 Å². The lowest BCUT2D eigenvalue weighted by Crippen LogP contribution is -2.11. The van der Waals surface area contributed by atoms with Crippen LogP contribution in [0.4, 0.5) is 10.1 Å². The number of carbonyl (C=O) groups excluding carboxylic acids is 1. The number of halogens is 1. The highest BCUT2D eigenvalue weighted by atomic mass is 19.1. The minimum Gasteiger partial charge on any atom is -0.439 e. The average molecular weight is 385 g/mol. The Morgan fingerprint density at radius 3 is 2.31 bits per heavy atom. The Hall–Kier alpha value is -4.06. The molecule has 1 heterocycles. The molecule has 142 valence electrons. The molecule has 0 spiro atoms. The Bertz CT molecular complexity index is 1110. The summed E-state index contributed by atoms with van der Waals surface area (Å²) < 4.78 is 18.8. The minimum atomic E-state index is -0.322. The molecule has 0 fully saturated rings. The number of para-hydroxylation sites is 1. The van der Waals surface area contributed by atoms with Crippen molar-refractivity contribution < 1.29 is 13.9 Å². The predicted octanol–water partition coefficient (Wildman–Crippen LogP) is 5.33. The number of benzene rings is 3. The van der Waals surface area contributed by atoms with Crippen LogP contribution < -0.4 is 10.1 Å². The number of hydrogen-bond donors (Lipinski definition) is 1. The number of amides is 1. The normalized spacial score (nSPS) is 10.4. The molecule has 5 nitrogen and oxygen atoms in total. The zero-order valence-electron chi connectivity index (χ0n) is 15.2. The number of carbonyl (C=O) groups is 1. The molecule has 4 aromatic rings. The maximum Gasteiger partial charge on any atom is 0.255 e. The van der Waals surface area contributed by atoms with E-state index >= 15 is 0 Å². The highest BCUT2D eigenvalue weighted by Crippen LogP contribution is 2.23. The van der Waals surface area contributed by atoms with Crippen molar-refractivity contribution in [3.8, 4) is 23.0 Å². The van der Waals surface area contributed by atoms with E-state index < -0.39 is 0 Å². The fourth-order valence-corrected chi connectivity index (χ4v) is 2.66. The van der Waals surface area contributed by atoms with Crippen LogP contribution >= 0.6 is 0 Å². The van der Waals surface area contributed by atoms with E-state index in [1.807, 2.05) is 30.3 Å². The summed E-state index contributed by atoms with van der Waals surface area (Å²) >= 11 is 0. The van der Waals surface area contributed by atoms with E-state index in [-0.39, 0.29) is 11.7 Å². The van der Waals surface area contributed by atoms with Crippen LogP contribution in [-0.2, 0) is 0 Å². The number of anilines is 1. The summed E-state index contributed by atoms with van der Waals surface area (Å²) in [7, 11) is 0. The second-order valence-corrected chi connectivity index (χ2v) is 6.17. The second kappa shape index (κ2) is 8.31. The highest BCUT2D eigenvalue weighted by Gasteiger charge is 2.08. The van der Waals surface area contributed by atoms with Crippen LogP contribution in [0.5, 0.6) is 11.6 Å². The number of nitrogens with one attached hydrogen (secondary N) is 1. The Labute approximate surface area is 166 Å². The first kappa shape index (κ1) is 18.3. The van der Waals surface area contributed by atoms with Crippen molar-refractivity contribution in [1.82, 2.24) is 9.97 Å². The number of hydrogen-bond acceptors (Lipinski definition) is 4. The van der Waals surface area contributed by atoms with Gasteiger partial charge in [-0.3, -0.25) is 4.79 Å². The van der Waals surface area contributed by atoms with Crippen LogP contribution in [-0.4, -0.2) is 15.9 Å². The van der Waals surface area contributed by atoms with Gasteiger partial charge in [0.25, 0.3) is 5.91 Å². The van der Waals surface area contributed by atoms with E-state index in [1.165, 1.54) is 12.1 Å². The first-order valence-electron chi connectivity index (χ1n) is 8.91. The zero-order valence-corrected chi connectivity index (χ0v) is 15.2. The Morgan fingerprint density at radius 1 is 0.862 bits per heavy atom. The van der Waals surface area contributed by atoms with Crippen LogP contribution in [0.3, 0.4) is 0 Å². The third-order valence-electron chi connectivity index (χ3n) is 4.10. The molecule has 0 saturated carbocycles. The Kier molecular flexibility index (Phi) is 5.25. The van der Waals surface area contributed by atoms with Gasteiger partial charge in [-0.05, 0) is 60.7 Å². The van der Waals surface area contributed by atoms with Crippen molar-refractivity contribution in [2.75, 3.05) is 5.32 Å². The molecular weight excluding hydrogens is 369 g/mol. The van der Waals surface area contributed by atoms with Gasteiger partial charge in [0, 0.05) is 29.1 Å². The first-order chi connectivity index (χ1) is 14.2. The summed E-state index contributed by atoms with van der Waals surface area (Å²) in [6.07, 6.45) is 1.57. The van der Waals surface area contributed by atoms with Gasteiger partial charge < -0.3 is 10.1 Å². The third kappa shape index (κ3) is 4.62. The van der Waals surface area contributed by atoms with Gasteiger partial charge in [-0.15, -0.1) is 0 Å². The third-order valence-corrected chi connectivity index (χ3v) is 4.10. The molecule has 6 heteroatoms. The van der Waals surface area contributed by atoms with Gasteiger partial charge in [0.15, 0.2) is 5.82 Å². The van der Waals surface area contributed by atoms with Gasteiger partial charge in [-0.2, -0.15) is 4.98 Å².